The second-order valence-corrected chi connectivity index (χ2v) is 3.32. The Balaban J connectivity index is 1.83. The fourth-order valence-electron chi connectivity index (χ4n) is 1.52. The molecule has 0 aliphatic heterocycles. The van der Waals surface area contributed by atoms with E-state index in [-0.39, 0.29) is 0 Å². The van der Waals surface area contributed by atoms with Gasteiger partial charge in [0.05, 0.1) is 18.5 Å². The lowest BCUT2D eigenvalue weighted by atomic mass is 10.4. The summed E-state index contributed by atoms with van der Waals surface area (Å²) in [5.41, 5.74) is 1.20. The molecule has 4 nitrogen and oxygen atoms in total. The molecule has 0 radical (unpaired) electrons. The van der Waals surface area contributed by atoms with Gasteiger partial charge in [-0.1, -0.05) is 0 Å². The van der Waals surface area contributed by atoms with Crippen LogP contribution < -0.4 is 5.32 Å². The highest BCUT2D eigenvalue weighted by Crippen LogP contribution is 2.01. The molecule has 0 spiro atoms. The first-order chi connectivity index (χ1) is 7.40. The van der Waals surface area contributed by atoms with E-state index >= 15 is 0 Å². The summed E-state index contributed by atoms with van der Waals surface area (Å²) in [4.78, 5) is 0. The van der Waals surface area contributed by atoms with Crippen LogP contribution in [-0.4, -0.2) is 9.78 Å². The first-order valence-corrected chi connectivity index (χ1v) is 5.14. The van der Waals surface area contributed by atoms with Crippen molar-refractivity contribution < 1.29 is 4.42 Å². The largest absolute Gasteiger partial charge is 0.468 e. The smallest absolute Gasteiger partial charge is 0.117 e. The zero-order valence-corrected chi connectivity index (χ0v) is 8.81. The van der Waals surface area contributed by atoms with Crippen LogP contribution in [0.25, 0.3) is 0 Å². The number of nitrogens with zero attached hydrogens (tertiary/aromatic N) is 2. The topological polar surface area (TPSA) is 43.0 Å². The normalized spacial score (nSPS) is 10.7. The van der Waals surface area contributed by atoms with Gasteiger partial charge in [-0.05, 0) is 25.1 Å². The number of hydrogen-bond donors (Lipinski definition) is 1. The van der Waals surface area contributed by atoms with Gasteiger partial charge >= 0.3 is 0 Å². The van der Waals surface area contributed by atoms with E-state index in [0.29, 0.717) is 0 Å². The summed E-state index contributed by atoms with van der Waals surface area (Å²) in [5, 5.41) is 7.51. The van der Waals surface area contributed by atoms with Crippen molar-refractivity contribution in [2.75, 3.05) is 0 Å². The Hall–Kier alpha value is -1.55. The molecule has 4 heteroatoms. The standard InChI is InChI=1S/C11H15N3O/c1-2-14-10(5-6-13-14)8-12-9-11-4-3-7-15-11/h3-7,12H,2,8-9H2,1H3. The van der Waals surface area contributed by atoms with Crippen LogP contribution in [0.4, 0.5) is 0 Å². The van der Waals surface area contributed by atoms with E-state index in [2.05, 4.69) is 17.3 Å². The van der Waals surface area contributed by atoms with Gasteiger partial charge in [0.25, 0.3) is 0 Å². The van der Waals surface area contributed by atoms with Gasteiger partial charge in [0, 0.05) is 19.3 Å². The second kappa shape index (κ2) is 4.79. The molecular weight excluding hydrogens is 190 g/mol. The lowest BCUT2D eigenvalue weighted by Gasteiger charge is -2.05. The van der Waals surface area contributed by atoms with Gasteiger partial charge in [0.1, 0.15) is 5.76 Å². The summed E-state index contributed by atoms with van der Waals surface area (Å²) in [7, 11) is 0. The lowest BCUT2D eigenvalue weighted by molar-refractivity contribution is 0.476. The second-order valence-electron chi connectivity index (χ2n) is 3.32. The van der Waals surface area contributed by atoms with E-state index < -0.39 is 0 Å². The lowest BCUT2D eigenvalue weighted by Crippen LogP contribution is -2.15. The maximum absolute atomic E-state index is 5.22. The average molecular weight is 205 g/mol. The molecule has 15 heavy (non-hydrogen) atoms. The molecular formula is C11H15N3O. The molecule has 0 aliphatic rings. The van der Waals surface area contributed by atoms with Crippen molar-refractivity contribution in [3.05, 3.63) is 42.1 Å². The molecule has 1 N–H and O–H groups in total. The Labute approximate surface area is 88.9 Å². The minimum Gasteiger partial charge on any atom is -0.468 e. The van der Waals surface area contributed by atoms with Crippen LogP contribution in [0.3, 0.4) is 0 Å². The summed E-state index contributed by atoms with van der Waals surface area (Å²) in [6.45, 7) is 4.56. The molecule has 0 unspecified atom stereocenters. The van der Waals surface area contributed by atoms with Crippen LogP contribution in [0.5, 0.6) is 0 Å². The Morgan fingerprint density at radius 2 is 2.33 bits per heavy atom. The minimum absolute atomic E-state index is 0.752. The van der Waals surface area contributed by atoms with Gasteiger partial charge < -0.3 is 9.73 Å². The van der Waals surface area contributed by atoms with Crippen LogP contribution in [0, 0.1) is 0 Å². The van der Waals surface area contributed by atoms with E-state index in [1.807, 2.05) is 29.1 Å². The Bertz CT molecular complexity index is 392. The van der Waals surface area contributed by atoms with E-state index in [1.165, 1.54) is 5.69 Å². The Morgan fingerprint density at radius 1 is 1.40 bits per heavy atom. The summed E-state index contributed by atoms with van der Waals surface area (Å²) in [6, 6.07) is 5.88. The van der Waals surface area contributed by atoms with Crippen molar-refractivity contribution in [2.24, 2.45) is 0 Å². The van der Waals surface area contributed by atoms with Crippen molar-refractivity contribution in [3.8, 4) is 0 Å². The zero-order chi connectivity index (χ0) is 10.5. The van der Waals surface area contributed by atoms with E-state index in [0.717, 1.165) is 25.4 Å². The molecule has 0 fully saturated rings. The van der Waals surface area contributed by atoms with E-state index in [9.17, 15) is 0 Å². The monoisotopic (exact) mass is 205 g/mol. The van der Waals surface area contributed by atoms with Gasteiger partial charge in [0.2, 0.25) is 0 Å². The van der Waals surface area contributed by atoms with Gasteiger partial charge in [-0.2, -0.15) is 5.10 Å². The van der Waals surface area contributed by atoms with Crippen LogP contribution in [0.1, 0.15) is 18.4 Å². The SMILES string of the molecule is CCn1nccc1CNCc1ccco1. The number of aryl methyl sites for hydroxylation is 1. The maximum Gasteiger partial charge on any atom is 0.117 e. The van der Waals surface area contributed by atoms with Crippen molar-refractivity contribution >= 4 is 0 Å². The van der Waals surface area contributed by atoms with E-state index in [1.54, 1.807) is 6.26 Å². The minimum atomic E-state index is 0.752. The van der Waals surface area contributed by atoms with Crippen molar-refractivity contribution in [2.45, 2.75) is 26.6 Å². The summed E-state index contributed by atoms with van der Waals surface area (Å²) < 4.78 is 7.21. The number of rotatable bonds is 5. The first-order valence-electron chi connectivity index (χ1n) is 5.14. The average Bonchev–Trinajstić information content (AvgIpc) is 2.88. The molecule has 0 atom stereocenters. The third-order valence-corrected chi connectivity index (χ3v) is 2.29. The molecule has 80 valence electrons. The predicted molar refractivity (Wildman–Crippen MR) is 57.2 cm³/mol. The molecule has 2 heterocycles. The third kappa shape index (κ3) is 2.47. The summed E-state index contributed by atoms with van der Waals surface area (Å²) in [6.07, 6.45) is 3.51. The predicted octanol–water partition coefficient (Wildman–Crippen LogP) is 1.79. The number of furan rings is 1. The maximum atomic E-state index is 5.22. The number of aromatic nitrogens is 2. The number of hydrogen-bond acceptors (Lipinski definition) is 3. The van der Waals surface area contributed by atoms with Gasteiger partial charge in [-0.3, -0.25) is 4.68 Å². The zero-order valence-electron chi connectivity index (χ0n) is 8.81. The fraction of sp³-hybridized carbons (Fsp3) is 0.364. The van der Waals surface area contributed by atoms with Crippen LogP contribution in [0.2, 0.25) is 0 Å². The molecule has 0 saturated carbocycles. The molecule has 0 aliphatic carbocycles. The summed E-state index contributed by atoms with van der Waals surface area (Å²) in [5.74, 6) is 0.956. The molecule has 0 aromatic carbocycles. The molecule has 2 aromatic rings. The third-order valence-electron chi connectivity index (χ3n) is 2.29. The highest BCUT2D eigenvalue weighted by atomic mass is 16.3. The van der Waals surface area contributed by atoms with E-state index in [4.69, 9.17) is 4.42 Å². The highest BCUT2D eigenvalue weighted by molar-refractivity contribution is 5.01. The van der Waals surface area contributed by atoms with Crippen molar-refractivity contribution in [1.82, 2.24) is 15.1 Å². The number of nitrogens with one attached hydrogen (secondary N) is 1. The van der Waals surface area contributed by atoms with Gasteiger partial charge in [-0.15, -0.1) is 0 Å². The van der Waals surface area contributed by atoms with Crippen molar-refractivity contribution in [1.29, 1.82) is 0 Å². The first kappa shape index (κ1) is 9.98. The quantitative estimate of drug-likeness (QED) is 0.809. The molecule has 2 aromatic heterocycles. The molecule has 0 amide bonds. The Kier molecular flexibility index (Phi) is 3.19. The summed E-state index contributed by atoms with van der Waals surface area (Å²) >= 11 is 0. The van der Waals surface area contributed by atoms with Crippen LogP contribution >= 0.6 is 0 Å². The van der Waals surface area contributed by atoms with Crippen LogP contribution in [0.15, 0.2) is 35.1 Å². The molecule has 0 saturated heterocycles. The van der Waals surface area contributed by atoms with Crippen LogP contribution in [-0.2, 0) is 19.6 Å². The van der Waals surface area contributed by atoms with Gasteiger partial charge in [0.15, 0.2) is 0 Å². The highest BCUT2D eigenvalue weighted by Gasteiger charge is 2.00. The fourth-order valence-corrected chi connectivity index (χ4v) is 1.52. The Morgan fingerprint density at radius 3 is 3.07 bits per heavy atom. The van der Waals surface area contributed by atoms with Gasteiger partial charge in [-0.25, -0.2) is 0 Å². The molecule has 2 rings (SSSR count). The van der Waals surface area contributed by atoms with Crippen molar-refractivity contribution in [3.63, 3.8) is 0 Å². The molecule has 0 bridgehead atoms.